The molecule has 0 spiro atoms. The van der Waals surface area contributed by atoms with Crippen molar-refractivity contribution < 1.29 is 19.7 Å². The molecule has 0 saturated carbocycles. The lowest BCUT2D eigenvalue weighted by atomic mass is 9.94. The SMILES string of the molecule is CSc1ccc(CC(C)(C)NCC(O)CO[C@H](C)c2ccccc2-c2ccc(C(=O)O)c(C)c2)cc1C. The third kappa shape index (κ3) is 7.92. The monoisotopic (exact) mass is 521 g/mol. The molecule has 3 aromatic rings. The molecule has 0 aliphatic carbocycles. The van der Waals surface area contributed by atoms with E-state index in [4.69, 9.17) is 4.74 Å². The van der Waals surface area contributed by atoms with E-state index in [0.29, 0.717) is 17.7 Å². The van der Waals surface area contributed by atoms with Gasteiger partial charge in [-0.3, -0.25) is 0 Å². The molecule has 198 valence electrons. The first-order valence-electron chi connectivity index (χ1n) is 12.6. The molecule has 0 radical (unpaired) electrons. The number of ether oxygens (including phenoxy) is 1. The molecule has 3 rings (SSSR count). The van der Waals surface area contributed by atoms with Crippen molar-refractivity contribution in [3.05, 3.63) is 88.5 Å². The number of rotatable bonds is 12. The number of thioether (sulfide) groups is 1. The van der Waals surface area contributed by atoms with E-state index in [2.05, 4.69) is 50.5 Å². The molecule has 3 aromatic carbocycles. The van der Waals surface area contributed by atoms with E-state index >= 15 is 0 Å². The zero-order valence-corrected chi connectivity index (χ0v) is 23.5. The van der Waals surface area contributed by atoms with Crippen LogP contribution in [0.1, 0.15) is 59.5 Å². The Labute approximate surface area is 225 Å². The maximum atomic E-state index is 11.4. The van der Waals surface area contributed by atoms with Crippen LogP contribution >= 0.6 is 11.8 Å². The van der Waals surface area contributed by atoms with Gasteiger partial charge < -0.3 is 20.3 Å². The van der Waals surface area contributed by atoms with Gasteiger partial charge in [-0.25, -0.2) is 4.79 Å². The number of carboxylic acids is 1. The molecule has 0 aliphatic heterocycles. The summed E-state index contributed by atoms with van der Waals surface area (Å²) in [5.74, 6) is -0.927. The fraction of sp³-hybridized carbons (Fsp3) is 0.387. The molecule has 0 fully saturated rings. The van der Waals surface area contributed by atoms with Crippen molar-refractivity contribution in [2.75, 3.05) is 19.4 Å². The van der Waals surface area contributed by atoms with Crippen molar-refractivity contribution in [1.29, 1.82) is 0 Å². The number of β-amino-alcohol motifs (C(OH)–C–C–N with tert-alkyl or cyclic N) is 1. The molecule has 0 bridgehead atoms. The Bertz CT molecular complexity index is 1220. The van der Waals surface area contributed by atoms with Gasteiger partial charge in [-0.2, -0.15) is 0 Å². The number of benzene rings is 3. The number of carbonyl (C=O) groups is 1. The summed E-state index contributed by atoms with van der Waals surface area (Å²) < 4.78 is 6.08. The van der Waals surface area contributed by atoms with Crippen LogP contribution < -0.4 is 5.32 Å². The molecular formula is C31H39NO4S. The fourth-order valence-electron chi connectivity index (χ4n) is 4.61. The Kier molecular flexibility index (Phi) is 9.96. The minimum atomic E-state index is -0.927. The lowest BCUT2D eigenvalue weighted by Crippen LogP contribution is -2.46. The smallest absolute Gasteiger partial charge is 0.335 e. The second-order valence-corrected chi connectivity index (χ2v) is 11.1. The van der Waals surface area contributed by atoms with E-state index in [1.54, 1.807) is 24.8 Å². The van der Waals surface area contributed by atoms with E-state index in [1.165, 1.54) is 16.0 Å². The molecule has 2 atom stereocenters. The van der Waals surface area contributed by atoms with E-state index in [9.17, 15) is 15.0 Å². The number of aliphatic hydroxyl groups excluding tert-OH is 1. The Hall–Kier alpha value is -2.64. The maximum absolute atomic E-state index is 11.4. The Morgan fingerprint density at radius 2 is 1.78 bits per heavy atom. The molecule has 0 aromatic heterocycles. The molecule has 5 nitrogen and oxygen atoms in total. The highest BCUT2D eigenvalue weighted by atomic mass is 32.2. The molecule has 0 heterocycles. The normalized spacial score (nSPS) is 13.4. The summed E-state index contributed by atoms with van der Waals surface area (Å²) in [5, 5.41) is 23.5. The number of carboxylic acid groups (broad SMARTS) is 1. The predicted octanol–water partition coefficient (Wildman–Crippen LogP) is 6.44. The first-order valence-corrected chi connectivity index (χ1v) is 13.8. The number of aromatic carboxylic acids is 1. The van der Waals surface area contributed by atoms with Gasteiger partial charge in [0.1, 0.15) is 0 Å². The highest BCUT2D eigenvalue weighted by molar-refractivity contribution is 7.98. The lowest BCUT2D eigenvalue weighted by molar-refractivity contribution is -0.00397. The van der Waals surface area contributed by atoms with Gasteiger partial charge in [0, 0.05) is 17.0 Å². The van der Waals surface area contributed by atoms with Gasteiger partial charge in [0.15, 0.2) is 0 Å². The van der Waals surface area contributed by atoms with Gasteiger partial charge in [0.05, 0.1) is 24.4 Å². The standard InChI is InChI=1S/C31H39NO4S/c1-20-16-24(12-13-26(20)30(34)35)28-10-8-7-9-27(28)22(3)36-19-25(33)18-32-31(4,5)17-23-11-14-29(37-6)21(2)15-23/h7-16,22,25,32-33H,17-19H2,1-6H3,(H,34,35)/t22-,25?/m1/s1. The molecule has 1 unspecified atom stereocenters. The first kappa shape index (κ1) is 28.9. The average Bonchev–Trinajstić information content (AvgIpc) is 2.85. The van der Waals surface area contributed by atoms with Crippen LogP contribution in [0, 0.1) is 13.8 Å². The topological polar surface area (TPSA) is 78.8 Å². The lowest BCUT2D eigenvalue weighted by Gasteiger charge is -2.29. The van der Waals surface area contributed by atoms with Crippen LogP contribution in [0.2, 0.25) is 0 Å². The number of hydrogen-bond donors (Lipinski definition) is 3. The average molecular weight is 522 g/mol. The minimum Gasteiger partial charge on any atom is -0.478 e. The van der Waals surface area contributed by atoms with Crippen molar-refractivity contribution in [3.8, 4) is 11.1 Å². The van der Waals surface area contributed by atoms with Gasteiger partial charge in [-0.05, 0) is 92.8 Å². The van der Waals surface area contributed by atoms with Crippen molar-refractivity contribution in [1.82, 2.24) is 5.32 Å². The van der Waals surface area contributed by atoms with E-state index < -0.39 is 12.1 Å². The maximum Gasteiger partial charge on any atom is 0.335 e. The van der Waals surface area contributed by atoms with Crippen molar-refractivity contribution >= 4 is 17.7 Å². The molecular weight excluding hydrogens is 482 g/mol. The quantitative estimate of drug-likeness (QED) is 0.238. The number of hydrogen-bond acceptors (Lipinski definition) is 5. The first-order chi connectivity index (χ1) is 17.5. The van der Waals surface area contributed by atoms with Crippen LogP contribution in [0.25, 0.3) is 11.1 Å². The highest BCUT2D eigenvalue weighted by Gasteiger charge is 2.21. The molecule has 0 aliphatic rings. The third-order valence-corrected chi connectivity index (χ3v) is 7.52. The van der Waals surface area contributed by atoms with Crippen LogP contribution in [0.15, 0.2) is 65.6 Å². The van der Waals surface area contributed by atoms with E-state index in [-0.39, 0.29) is 18.2 Å². The molecule has 37 heavy (non-hydrogen) atoms. The van der Waals surface area contributed by atoms with Gasteiger partial charge in [-0.1, -0.05) is 48.5 Å². The molecule has 0 amide bonds. The fourth-order valence-corrected chi connectivity index (χ4v) is 5.19. The summed E-state index contributed by atoms with van der Waals surface area (Å²) in [4.78, 5) is 12.7. The van der Waals surface area contributed by atoms with Gasteiger partial charge in [-0.15, -0.1) is 11.8 Å². The second-order valence-electron chi connectivity index (χ2n) is 10.3. The van der Waals surface area contributed by atoms with Gasteiger partial charge in [0.2, 0.25) is 0 Å². The third-order valence-electron chi connectivity index (χ3n) is 6.63. The van der Waals surface area contributed by atoms with Gasteiger partial charge >= 0.3 is 5.97 Å². The van der Waals surface area contributed by atoms with Crippen molar-refractivity contribution in [2.24, 2.45) is 0 Å². The molecule has 6 heteroatoms. The van der Waals surface area contributed by atoms with Crippen molar-refractivity contribution in [2.45, 2.75) is 63.7 Å². The summed E-state index contributed by atoms with van der Waals surface area (Å²) in [7, 11) is 0. The van der Waals surface area contributed by atoms with Crippen LogP contribution in [0.3, 0.4) is 0 Å². The van der Waals surface area contributed by atoms with Gasteiger partial charge in [0.25, 0.3) is 0 Å². The Morgan fingerprint density at radius 3 is 2.43 bits per heavy atom. The molecule has 3 N–H and O–H groups in total. The highest BCUT2D eigenvalue weighted by Crippen LogP contribution is 2.31. The minimum absolute atomic E-state index is 0.174. The van der Waals surface area contributed by atoms with E-state index in [1.807, 2.05) is 43.3 Å². The summed E-state index contributed by atoms with van der Waals surface area (Å²) in [6, 6.07) is 19.9. The predicted molar refractivity (Wildman–Crippen MR) is 153 cm³/mol. The van der Waals surface area contributed by atoms with Crippen molar-refractivity contribution in [3.63, 3.8) is 0 Å². The summed E-state index contributed by atoms with van der Waals surface area (Å²) in [6.07, 6.45) is 2.07. The number of aryl methyl sites for hydroxylation is 2. The van der Waals surface area contributed by atoms with Crippen LogP contribution in [0.5, 0.6) is 0 Å². The number of aliphatic hydroxyl groups is 1. The summed E-state index contributed by atoms with van der Waals surface area (Å²) in [5.41, 5.74) is 6.34. The summed E-state index contributed by atoms with van der Waals surface area (Å²) >= 11 is 1.76. The van der Waals surface area contributed by atoms with Crippen LogP contribution in [-0.4, -0.2) is 47.2 Å². The number of nitrogens with one attached hydrogen (secondary N) is 1. The Morgan fingerprint density at radius 1 is 1.05 bits per heavy atom. The zero-order chi connectivity index (χ0) is 27.2. The Balaban J connectivity index is 1.58. The zero-order valence-electron chi connectivity index (χ0n) is 22.7. The largest absolute Gasteiger partial charge is 0.478 e. The van der Waals surface area contributed by atoms with E-state index in [0.717, 1.165) is 23.1 Å². The van der Waals surface area contributed by atoms with Crippen LogP contribution in [0.4, 0.5) is 0 Å². The molecule has 0 saturated heterocycles. The van der Waals surface area contributed by atoms with Crippen LogP contribution in [-0.2, 0) is 11.2 Å². The second kappa shape index (κ2) is 12.7. The summed E-state index contributed by atoms with van der Waals surface area (Å²) in [6.45, 7) is 10.9.